The monoisotopic (exact) mass is 207 g/mol. The molecule has 0 atom stereocenters. The summed E-state index contributed by atoms with van der Waals surface area (Å²) >= 11 is 1.51. The number of nitrogens with two attached hydrogens (primary N) is 1. The van der Waals surface area contributed by atoms with Gasteiger partial charge >= 0.3 is 0 Å². The van der Waals surface area contributed by atoms with Crippen LogP contribution < -0.4 is 10.5 Å². The van der Waals surface area contributed by atoms with E-state index < -0.39 is 0 Å². The molecule has 0 amide bonds. The molecule has 4 heteroatoms. The molecule has 0 aliphatic heterocycles. The average molecular weight is 207 g/mol. The van der Waals surface area contributed by atoms with Crippen LogP contribution in [0.15, 0.2) is 18.2 Å². The second kappa shape index (κ2) is 3.31. The zero-order chi connectivity index (χ0) is 10.1. The smallest absolute Gasteiger partial charge is 0.174 e. The first kappa shape index (κ1) is 9.02. The van der Waals surface area contributed by atoms with Crippen LogP contribution in [0.2, 0.25) is 0 Å². The van der Waals surface area contributed by atoms with E-state index in [1.807, 2.05) is 12.1 Å². The molecule has 0 saturated heterocycles. The first-order valence-electron chi connectivity index (χ1n) is 4.07. The highest BCUT2D eigenvalue weighted by atomic mass is 32.1. The van der Waals surface area contributed by atoms with Gasteiger partial charge < -0.3 is 10.5 Å². The largest absolute Gasteiger partial charge is 0.487 e. The third-order valence-corrected chi connectivity index (χ3v) is 3.14. The molecule has 0 saturated carbocycles. The third-order valence-electron chi connectivity index (χ3n) is 2.08. The van der Waals surface area contributed by atoms with Crippen LogP contribution in [0, 0.1) is 0 Å². The molecule has 1 heterocycles. The van der Waals surface area contributed by atoms with Gasteiger partial charge in [0.1, 0.15) is 0 Å². The van der Waals surface area contributed by atoms with Gasteiger partial charge in [0.15, 0.2) is 11.3 Å². The van der Waals surface area contributed by atoms with Crippen LogP contribution in [0.3, 0.4) is 0 Å². The maximum Gasteiger partial charge on any atom is 0.174 e. The van der Waals surface area contributed by atoms with E-state index in [-0.39, 0.29) is 0 Å². The number of hydrogen-bond donors (Lipinski definition) is 1. The predicted octanol–water partition coefficient (Wildman–Crippen LogP) is 2.30. The van der Waals surface area contributed by atoms with Crippen molar-refractivity contribution >= 4 is 33.4 Å². The number of benzene rings is 1. The summed E-state index contributed by atoms with van der Waals surface area (Å²) in [4.78, 5) is 10.6. The number of thiophene rings is 1. The normalized spacial score (nSPS) is 10.4. The van der Waals surface area contributed by atoms with Crippen LogP contribution in [0.25, 0.3) is 10.1 Å². The molecule has 72 valence electrons. The van der Waals surface area contributed by atoms with E-state index in [0.29, 0.717) is 11.3 Å². The molecule has 2 aromatic rings. The van der Waals surface area contributed by atoms with E-state index in [0.717, 1.165) is 21.4 Å². The van der Waals surface area contributed by atoms with Gasteiger partial charge in [-0.15, -0.1) is 0 Å². The van der Waals surface area contributed by atoms with Crippen molar-refractivity contribution in [2.24, 2.45) is 0 Å². The minimum atomic E-state index is 0.525. The molecule has 1 aromatic carbocycles. The number of anilines is 1. The minimum Gasteiger partial charge on any atom is -0.487 e. The molecule has 2 N–H and O–H groups in total. The van der Waals surface area contributed by atoms with Gasteiger partial charge in [-0.05, 0) is 12.1 Å². The zero-order valence-electron chi connectivity index (χ0n) is 7.61. The Bertz CT molecular complexity index is 490. The number of carbonyl (C=O) groups excluding carboxylic acids is 1. The Morgan fingerprint density at radius 3 is 2.93 bits per heavy atom. The number of rotatable bonds is 2. The molecule has 0 spiro atoms. The quantitative estimate of drug-likeness (QED) is 0.607. The summed E-state index contributed by atoms with van der Waals surface area (Å²) in [5, 5.41) is 1.69. The van der Waals surface area contributed by atoms with Crippen LogP contribution in [0.4, 0.5) is 5.69 Å². The SMILES string of the molecule is COc1cc2c(N)c(C=O)ccc2s1. The van der Waals surface area contributed by atoms with Crippen molar-refractivity contribution in [1.82, 2.24) is 0 Å². The summed E-state index contributed by atoms with van der Waals surface area (Å²) in [6.45, 7) is 0. The van der Waals surface area contributed by atoms with Gasteiger partial charge in [-0.2, -0.15) is 0 Å². The number of ether oxygens (including phenoxy) is 1. The molecule has 0 unspecified atom stereocenters. The maximum absolute atomic E-state index is 10.6. The van der Waals surface area contributed by atoms with Crippen LogP contribution in [0.1, 0.15) is 10.4 Å². The molecular weight excluding hydrogens is 198 g/mol. The lowest BCUT2D eigenvalue weighted by molar-refractivity contribution is 0.112. The van der Waals surface area contributed by atoms with E-state index in [4.69, 9.17) is 10.5 Å². The molecular formula is C10H9NO2S. The number of aldehydes is 1. The Labute approximate surface area is 85.1 Å². The van der Waals surface area contributed by atoms with Crippen molar-refractivity contribution in [1.29, 1.82) is 0 Å². The molecule has 0 aliphatic rings. The first-order valence-corrected chi connectivity index (χ1v) is 4.89. The fourth-order valence-corrected chi connectivity index (χ4v) is 2.22. The highest BCUT2D eigenvalue weighted by Gasteiger charge is 2.07. The van der Waals surface area contributed by atoms with Crippen molar-refractivity contribution in [3.8, 4) is 5.06 Å². The van der Waals surface area contributed by atoms with Gasteiger partial charge in [0.25, 0.3) is 0 Å². The second-order valence-electron chi connectivity index (χ2n) is 2.87. The molecule has 0 bridgehead atoms. The minimum absolute atomic E-state index is 0.525. The van der Waals surface area contributed by atoms with Gasteiger partial charge in [-0.1, -0.05) is 11.3 Å². The molecule has 2 rings (SSSR count). The Morgan fingerprint density at radius 2 is 2.29 bits per heavy atom. The Hall–Kier alpha value is -1.55. The van der Waals surface area contributed by atoms with Gasteiger partial charge in [0.05, 0.1) is 12.8 Å². The van der Waals surface area contributed by atoms with Crippen molar-refractivity contribution in [3.63, 3.8) is 0 Å². The topological polar surface area (TPSA) is 52.3 Å². The second-order valence-corrected chi connectivity index (χ2v) is 3.91. The summed E-state index contributed by atoms with van der Waals surface area (Å²) in [6.07, 6.45) is 0.763. The number of fused-ring (bicyclic) bond motifs is 1. The highest BCUT2D eigenvalue weighted by Crippen LogP contribution is 2.35. The summed E-state index contributed by atoms with van der Waals surface area (Å²) in [7, 11) is 1.61. The van der Waals surface area contributed by atoms with Crippen LogP contribution in [0.5, 0.6) is 5.06 Å². The van der Waals surface area contributed by atoms with Crippen LogP contribution in [-0.4, -0.2) is 13.4 Å². The molecule has 14 heavy (non-hydrogen) atoms. The third kappa shape index (κ3) is 1.24. The van der Waals surface area contributed by atoms with Gasteiger partial charge in [0.2, 0.25) is 0 Å². The summed E-state index contributed by atoms with van der Waals surface area (Å²) in [5.41, 5.74) is 6.87. The van der Waals surface area contributed by atoms with E-state index >= 15 is 0 Å². The summed E-state index contributed by atoms with van der Waals surface area (Å²) < 4.78 is 6.13. The van der Waals surface area contributed by atoms with Crippen molar-refractivity contribution < 1.29 is 9.53 Å². The molecule has 3 nitrogen and oxygen atoms in total. The number of methoxy groups -OCH3 is 1. The lowest BCUT2D eigenvalue weighted by atomic mass is 10.1. The average Bonchev–Trinajstić information content (AvgIpc) is 2.62. The maximum atomic E-state index is 10.6. The molecule has 0 radical (unpaired) electrons. The standard InChI is InChI=1S/C10H9NO2S/c1-13-9-4-7-8(14-9)3-2-6(5-12)10(7)11/h2-5H,11H2,1H3. The predicted molar refractivity (Wildman–Crippen MR) is 58.2 cm³/mol. The van der Waals surface area contributed by atoms with E-state index in [1.54, 1.807) is 13.2 Å². The molecule has 1 aromatic heterocycles. The lowest BCUT2D eigenvalue weighted by Crippen LogP contribution is -1.92. The molecule has 0 fully saturated rings. The lowest BCUT2D eigenvalue weighted by Gasteiger charge is -1.98. The fraction of sp³-hybridized carbons (Fsp3) is 0.100. The van der Waals surface area contributed by atoms with E-state index in [9.17, 15) is 4.79 Å². The first-order chi connectivity index (χ1) is 6.76. The van der Waals surface area contributed by atoms with E-state index in [2.05, 4.69) is 0 Å². The van der Waals surface area contributed by atoms with Crippen molar-refractivity contribution in [2.45, 2.75) is 0 Å². The van der Waals surface area contributed by atoms with E-state index in [1.165, 1.54) is 11.3 Å². The Kier molecular flexibility index (Phi) is 2.13. The Morgan fingerprint density at radius 1 is 1.50 bits per heavy atom. The van der Waals surface area contributed by atoms with Gasteiger partial charge in [-0.25, -0.2) is 0 Å². The number of hydrogen-bond acceptors (Lipinski definition) is 4. The van der Waals surface area contributed by atoms with Crippen molar-refractivity contribution in [2.75, 3.05) is 12.8 Å². The number of nitrogen functional groups attached to an aromatic ring is 1. The zero-order valence-corrected chi connectivity index (χ0v) is 8.43. The fourth-order valence-electron chi connectivity index (χ4n) is 1.33. The van der Waals surface area contributed by atoms with Gasteiger partial charge in [0, 0.05) is 21.7 Å². The summed E-state index contributed by atoms with van der Waals surface area (Å²) in [6, 6.07) is 5.45. The van der Waals surface area contributed by atoms with Crippen molar-refractivity contribution in [3.05, 3.63) is 23.8 Å². The highest BCUT2D eigenvalue weighted by molar-refractivity contribution is 7.20. The number of carbonyl (C=O) groups is 1. The Balaban J connectivity index is 2.74. The van der Waals surface area contributed by atoms with Crippen LogP contribution >= 0.6 is 11.3 Å². The summed E-state index contributed by atoms with van der Waals surface area (Å²) in [5.74, 6) is 0. The van der Waals surface area contributed by atoms with Gasteiger partial charge in [-0.3, -0.25) is 4.79 Å². The molecule has 0 aliphatic carbocycles. The van der Waals surface area contributed by atoms with Crippen LogP contribution in [-0.2, 0) is 0 Å².